The molecule has 0 radical (unpaired) electrons. The lowest BCUT2D eigenvalue weighted by Gasteiger charge is -2.30. The number of phenols is 1. The number of rotatable bonds is 6. The van der Waals surface area contributed by atoms with Crippen molar-refractivity contribution in [1.82, 2.24) is 14.7 Å². The van der Waals surface area contributed by atoms with Crippen molar-refractivity contribution in [3.63, 3.8) is 0 Å². The molecule has 2 saturated heterocycles. The number of amides is 1. The summed E-state index contributed by atoms with van der Waals surface area (Å²) in [5.41, 5.74) is -0.164. The third-order valence-corrected chi connectivity index (χ3v) is 7.83. The average molecular weight is 553 g/mol. The van der Waals surface area contributed by atoms with E-state index in [1.54, 1.807) is 30.1 Å². The number of aromatic hydroxyl groups is 1. The Morgan fingerprint density at radius 3 is 2.50 bits per heavy atom. The number of nitrogens with zero attached hydrogens (tertiary/aromatic N) is 4. The van der Waals surface area contributed by atoms with E-state index < -0.39 is 17.6 Å². The van der Waals surface area contributed by atoms with Crippen LogP contribution in [0.4, 0.5) is 17.6 Å². The number of benzene rings is 2. The van der Waals surface area contributed by atoms with Crippen LogP contribution in [0.5, 0.6) is 5.75 Å². The molecule has 0 bridgehead atoms. The number of alkyl halides is 3. The molecule has 2 aliphatic heterocycles. The van der Waals surface area contributed by atoms with Crippen molar-refractivity contribution >= 4 is 17.5 Å². The number of piperidine rings is 1. The average Bonchev–Trinajstić information content (AvgIpc) is 3.31. The smallest absolute Gasteiger partial charge is 0.419 e. The highest BCUT2D eigenvalue weighted by Crippen LogP contribution is 2.36. The van der Waals surface area contributed by atoms with Crippen LogP contribution in [0, 0.1) is 23.1 Å². The van der Waals surface area contributed by atoms with Crippen LogP contribution in [0.25, 0.3) is 0 Å². The zero-order valence-electron chi connectivity index (χ0n) is 20.9. The third-order valence-electron chi connectivity index (χ3n) is 7.51. The first-order valence-electron chi connectivity index (χ1n) is 12.4. The van der Waals surface area contributed by atoms with Gasteiger partial charge in [-0.3, -0.25) is 14.6 Å². The van der Waals surface area contributed by atoms with Crippen LogP contribution in [-0.2, 0) is 17.5 Å². The van der Waals surface area contributed by atoms with Gasteiger partial charge in [-0.2, -0.15) is 18.4 Å². The van der Waals surface area contributed by atoms with E-state index in [1.165, 1.54) is 6.07 Å². The van der Waals surface area contributed by atoms with Crippen LogP contribution in [0.3, 0.4) is 0 Å². The summed E-state index contributed by atoms with van der Waals surface area (Å²) >= 11 is 6.00. The van der Waals surface area contributed by atoms with Crippen LogP contribution in [-0.4, -0.2) is 71.5 Å². The molecule has 38 heavy (non-hydrogen) atoms. The number of likely N-dealkylation sites (tertiary alicyclic amines) is 2. The molecule has 1 N–H and O–H groups in total. The Morgan fingerprint density at radius 2 is 1.89 bits per heavy atom. The Bertz CT molecular complexity index is 1210. The Labute approximate surface area is 224 Å². The molecule has 0 aliphatic carbocycles. The van der Waals surface area contributed by atoms with Crippen molar-refractivity contribution in [1.29, 1.82) is 5.26 Å². The second kappa shape index (κ2) is 11.5. The van der Waals surface area contributed by atoms with E-state index in [1.807, 2.05) is 9.80 Å². The first kappa shape index (κ1) is 28.1. The third kappa shape index (κ3) is 6.40. The van der Waals surface area contributed by atoms with Gasteiger partial charge in [0.1, 0.15) is 11.6 Å². The van der Waals surface area contributed by atoms with Crippen molar-refractivity contribution in [2.24, 2.45) is 5.92 Å². The molecule has 2 aromatic carbocycles. The number of hydrogen-bond acceptors (Lipinski definition) is 5. The van der Waals surface area contributed by atoms with Crippen molar-refractivity contribution in [2.45, 2.75) is 37.5 Å². The monoisotopic (exact) mass is 552 g/mol. The summed E-state index contributed by atoms with van der Waals surface area (Å²) in [7, 11) is 1.78. The standard InChI is InChI=1S/C27H29ClF4N4O2/c1-34(13-18-2-4-21(23(29)10-18)27(30,31)32)24-15-36(14-20(24)19-3-5-22(28)25(37)11-19)26(38)16-35-8-6-17(12-33)7-9-35/h2-5,10-11,17,20,24,37H,6-9,13-16H2,1H3/t20-,24+/m1/s1. The molecule has 11 heteroatoms. The van der Waals surface area contributed by atoms with Crippen LogP contribution in [0.2, 0.25) is 5.02 Å². The van der Waals surface area contributed by atoms with E-state index in [4.69, 9.17) is 16.9 Å². The van der Waals surface area contributed by atoms with Gasteiger partial charge in [0, 0.05) is 37.5 Å². The molecule has 2 aromatic rings. The molecule has 2 aliphatic rings. The van der Waals surface area contributed by atoms with Gasteiger partial charge in [0.15, 0.2) is 0 Å². The number of halogens is 5. The molecule has 0 aromatic heterocycles. The lowest BCUT2D eigenvalue weighted by molar-refractivity contribution is -0.140. The first-order chi connectivity index (χ1) is 18.0. The van der Waals surface area contributed by atoms with Gasteiger partial charge in [0.25, 0.3) is 0 Å². The van der Waals surface area contributed by atoms with E-state index >= 15 is 0 Å². The van der Waals surface area contributed by atoms with Gasteiger partial charge >= 0.3 is 6.18 Å². The largest absolute Gasteiger partial charge is 0.506 e. The molecule has 0 spiro atoms. The Kier molecular flexibility index (Phi) is 8.50. The van der Waals surface area contributed by atoms with Gasteiger partial charge in [-0.1, -0.05) is 23.7 Å². The number of carbonyl (C=O) groups is 1. The molecule has 0 saturated carbocycles. The number of hydrogen-bond donors (Lipinski definition) is 1. The van der Waals surface area contributed by atoms with Gasteiger partial charge < -0.3 is 10.0 Å². The van der Waals surface area contributed by atoms with E-state index in [-0.39, 0.29) is 47.6 Å². The highest BCUT2D eigenvalue weighted by molar-refractivity contribution is 6.32. The fourth-order valence-corrected chi connectivity index (χ4v) is 5.45. The summed E-state index contributed by atoms with van der Waals surface area (Å²) in [5, 5.41) is 19.5. The highest BCUT2D eigenvalue weighted by atomic mass is 35.5. The summed E-state index contributed by atoms with van der Waals surface area (Å²) in [6.07, 6.45) is -3.32. The molecular weight excluding hydrogens is 524 g/mol. The SMILES string of the molecule is CN(Cc1ccc(C(F)(F)F)c(F)c1)[C@H]1CN(C(=O)CN2CCC(C#N)CC2)C[C@@H]1c1ccc(Cl)c(O)c1. The lowest BCUT2D eigenvalue weighted by Crippen LogP contribution is -2.43. The minimum absolute atomic E-state index is 0.0168. The molecule has 1 amide bonds. The zero-order valence-corrected chi connectivity index (χ0v) is 21.6. The van der Waals surface area contributed by atoms with Crippen LogP contribution < -0.4 is 0 Å². The Hall–Kier alpha value is -2.87. The van der Waals surface area contributed by atoms with E-state index in [0.29, 0.717) is 31.7 Å². The molecule has 204 valence electrons. The topological polar surface area (TPSA) is 70.8 Å². The van der Waals surface area contributed by atoms with Gasteiger partial charge in [0.2, 0.25) is 5.91 Å². The van der Waals surface area contributed by atoms with E-state index in [0.717, 1.165) is 30.5 Å². The minimum atomic E-state index is -4.77. The second-order valence-corrected chi connectivity index (χ2v) is 10.5. The quantitative estimate of drug-likeness (QED) is 0.518. The lowest BCUT2D eigenvalue weighted by atomic mass is 9.93. The molecule has 2 atom stereocenters. The summed E-state index contributed by atoms with van der Waals surface area (Å²) in [6.45, 7) is 2.49. The summed E-state index contributed by atoms with van der Waals surface area (Å²) in [4.78, 5) is 18.9. The molecule has 6 nitrogen and oxygen atoms in total. The first-order valence-corrected chi connectivity index (χ1v) is 12.8. The molecular formula is C27H29ClF4N4O2. The minimum Gasteiger partial charge on any atom is -0.506 e. The van der Waals surface area contributed by atoms with E-state index in [9.17, 15) is 27.5 Å². The van der Waals surface area contributed by atoms with Gasteiger partial charge in [-0.25, -0.2) is 4.39 Å². The van der Waals surface area contributed by atoms with E-state index in [2.05, 4.69) is 6.07 Å². The molecule has 2 heterocycles. The molecule has 2 fully saturated rings. The molecule has 4 rings (SSSR count). The van der Waals surface area contributed by atoms with Crippen LogP contribution in [0.1, 0.15) is 35.4 Å². The maximum absolute atomic E-state index is 14.2. The summed E-state index contributed by atoms with van der Waals surface area (Å²) in [5.74, 6) is -1.66. The van der Waals surface area contributed by atoms with Gasteiger partial charge in [-0.15, -0.1) is 0 Å². The predicted molar refractivity (Wildman–Crippen MR) is 134 cm³/mol. The maximum atomic E-state index is 14.2. The van der Waals surface area contributed by atoms with Crippen LogP contribution >= 0.6 is 11.6 Å². The fraction of sp³-hybridized carbons (Fsp3) is 0.481. The van der Waals surface area contributed by atoms with Crippen LogP contribution in [0.15, 0.2) is 36.4 Å². The number of phenolic OH excluding ortho intramolecular Hbond substituents is 1. The van der Waals surface area contributed by atoms with Gasteiger partial charge in [0.05, 0.1) is 23.2 Å². The number of nitriles is 1. The van der Waals surface area contributed by atoms with Crippen molar-refractivity contribution in [3.05, 3.63) is 63.9 Å². The highest BCUT2D eigenvalue weighted by Gasteiger charge is 2.39. The van der Waals surface area contributed by atoms with Gasteiger partial charge in [-0.05, 0) is 68.4 Å². The summed E-state index contributed by atoms with van der Waals surface area (Å²) in [6, 6.07) is 9.86. The zero-order chi connectivity index (χ0) is 27.6. The molecule has 0 unspecified atom stereocenters. The van der Waals surface area contributed by atoms with Crippen molar-refractivity contribution in [3.8, 4) is 11.8 Å². The fourth-order valence-electron chi connectivity index (χ4n) is 5.33. The Balaban J connectivity index is 1.51. The van der Waals surface area contributed by atoms with Crippen molar-refractivity contribution in [2.75, 3.05) is 39.8 Å². The summed E-state index contributed by atoms with van der Waals surface area (Å²) < 4.78 is 53.1. The normalized spacial score (nSPS) is 21.2. The maximum Gasteiger partial charge on any atom is 0.419 e. The number of carbonyl (C=O) groups excluding carboxylic acids is 1. The van der Waals surface area contributed by atoms with Crippen molar-refractivity contribution < 1.29 is 27.5 Å². The Morgan fingerprint density at radius 1 is 1.18 bits per heavy atom. The predicted octanol–water partition coefficient (Wildman–Crippen LogP) is 4.87. The second-order valence-electron chi connectivity index (χ2n) is 10.1. The number of likely N-dealkylation sites (N-methyl/N-ethyl adjacent to an activating group) is 1.